The quantitative estimate of drug-likeness (QED) is 0.743. The highest BCUT2D eigenvalue weighted by atomic mass is 16.2. The number of piperidine rings is 1. The van der Waals surface area contributed by atoms with Gasteiger partial charge in [-0.2, -0.15) is 0 Å². The van der Waals surface area contributed by atoms with E-state index in [2.05, 4.69) is 13.8 Å². The molecule has 0 aliphatic carbocycles. The first-order chi connectivity index (χ1) is 7.23. The average Bonchev–Trinajstić information content (AvgIpc) is 2.14. The second-order valence-electron chi connectivity index (χ2n) is 6.35. The molecule has 1 aliphatic rings. The van der Waals surface area contributed by atoms with Crippen LogP contribution in [-0.4, -0.2) is 29.4 Å². The number of rotatable bonds is 1. The van der Waals surface area contributed by atoms with Gasteiger partial charge in [0.05, 0.1) is 6.04 Å². The summed E-state index contributed by atoms with van der Waals surface area (Å²) in [5.74, 6) is 0.844. The SMILES string of the molecule is CC1CCN(C(=O)C(N)C(C)(C)C)C(C)C1. The lowest BCUT2D eigenvalue weighted by molar-refractivity contribution is -0.138. The fourth-order valence-electron chi connectivity index (χ4n) is 2.28. The van der Waals surface area contributed by atoms with Gasteiger partial charge in [0.15, 0.2) is 0 Å². The van der Waals surface area contributed by atoms with E-state index >= 15 is 0 Å². The van der Waals surface area contributed by atoms with Gasteiger partial charge >= 0.3 is 0 Å². The molecule has 1 fully saturated rings. The summed E-state index contributed by atoms with van der Waals surface area (Å²) in [5.41, 5.74) is 5.88. The smallest absolute Gasteiger partial charge is 0.240 e. The molecule has 1 rings (SSSR count). The third-order valence-corrected chi connectivity index (χ3v) is 3.62. The van der Waals surface area contributed by atoms with Crippen LogP contribution < -0.4 is 5.73 Å². The third kappa shape index (κ3) is 2.97. The molecule has 1 amide bonds. The highest BCUT2D eigenvalue weighted by molar-refractivity contribution is 5.82. The molecule has 3 heteroatoms. The van der Waals surface area contributed by atoms with Crippen molar-refractivity contribution in [2.75, 3.05) is 6.54 Å². The first kappa shape index (κ1) is 13.5. The maximum absolute atomic E-state index is 12.3. The summed E-state index contributed by atoms with van der Waals surface area (Å²) in [6, 6.07) is -0.0481. The van der Waals surface area contributed by atoms with Crippen molar-refractivity contribution < 1.29 is 4.79 Å². The minimum Gasteiger partial charge on any atom is -0.339 e. The molecular weight excluding hydrogens is 200 g/mol. The first-order valence-electron chi connectivity index (χ1n) is 6.29. The Morgan fingerprint density at radius 2 is 1.94 bits per heavy atom. The van der Waals surface area contributed by atoms with Crippen LogP contribution in [0.4, 0.5) is 0 Å². The molecular formula is C13H26N2O. The summed E-state index contributed by atoms with van der Waals surface area (Å²) in [4.78, 5) is 14.2. The fraction of sp³-hybridized carbons (Fsp3) is 0.923. The average molecular weight is 226 g/mol. The maximum Gasteiger partial charge on any atom is 0.240 e. The summed E-state index contributed by atoms with van der Waals surface area (Å²) in [5, 5.41) is 0. The largest absolute Gasteiger partial charge is 0.339 e. The van der Waals surface area contributed by atoms with Crippen molar-refractivity contribution in [2.45, 2.75) is 59.5 Å². The Hall–Kier alpha value is -0.570. The topological polar surface area (TPSA) is 46.3 Å². The van der Waals surface area contributed by atoms with Gasteiger partial charge in [-0.25, -0.2) is 0 Å². The Balaban J connectivity index is 2.67. The van der Waals surface area contributed by atoms with Crippen molar-refractivity contribution in [2.24, 2.45) is 17.1 Å². The zero-order valence-corrected chi connectivity index (χ0v) is 11.3. The number of amides is 1. The summed E-state index contributed by atoms with van der Waals surface area (Å²) < 4.78 is 0. The zero-order chi connectivity index (χ0) is 12.5. The lowest BCUT2D eigenvalue weighted by Gasteiger charge is -2.40. The van der Waals surface area contributed by atoms with Gasteiger partial charge in [-0.1, -0.05) is 27.7 Å². The molecule has 16 heavy (non-hydrogen) atoms. The van der Waals surface area contributed by atoms with Gasteiger partial charge in [0.1, 0.15) is 0 Å². The van der Waals surface area contributed by atoms with Crippen LogP contribution in [0.3, 0.4) is 0 Å². The van der Waals surface area contributed by atoms with Gasteiger partial charge in [-0.05, 0) is 31.1 Å². The van der Waals surface area contributed by atoms with Crippen molar-refractivity contribution in [3.05, 3.63) is 0 Å². The third-order valence-electron chi connectivity index (χ3n) is 3.62. The van der Waals surface area contributed by atoms with Crippen molar-refractivity contribution in [3.8, 4) is 0 Å². The van der Waals surface area contributed by atoms with E-state index in [4.69, 9.17) is 5.73 Å². The number of hydrogen-bond acceptors (Lipinski definition) is 2. The molecule has 0 radical (unpaired) electrons. The normalized spacial score (nSPS) is 29.0. The van der Waals surface area contributed by atoms with Gasteiger partial charge < -0.3 is 10.6 Å². The zero-order valence-electron chi connectivity index (χ0n) is 11.3. The van der Waals surface area contributed by atoms with E-state index in [-0.39, 0.29) is 17.4 Å². The molecule has 0 aromatic heterocycles. The highest BCUT2D eigenvalue weighted by Gasteiger charge is 2.34. The predicted molar refractivity (Wildman–Crippen MR) is 67.0 cm³/mol. The minimum atomic E-state index is -0.386. The molecule has 2 N–H and O–H groups in total. The predicted octanol–water partition coefficient (Wildman–Crippen LogP) is 2.01. The van der Waals surface area contributed by atoms with Crippen molar-refractivity contribution >= 4 is 5.91 Å². The van der Waals surface area contributed by atoms with Gasteiger partial charge in [0.2, 0.25) is 5.91 Å². The standard InChI is InChI=1S/C13H26N2O/c1-9-6-7-15(10(2)8-9)12(16)11(14)13(3,4)5/h9-11H,6-8,14H2,1-5H3. The molecule has 0 saturated carbocycles. The Kier molecular flexibility index (Phi) is 4.00. The molecule has 0 aromatic rings. The van der Waals surface area contributed by atoms with Gasteiger partial charge in [-0.3, -0.25) is 4.79 Å². The molecule has 1 heterocycles. The molecule has 1 saturated heterocycles. The summed E-state index contributed by atoms with van der Waals surface area (Å²) in [6.45, 7) is 11.3. The van der Waals surface area contributed by atoms with E-state index in [1.165, 1.54) is 0 Å². The lowest BCUT2D eigenvalue weighted by Crippen LogP contribution is -2.54. The van der Waals surface area contributed by atoms with Gasteiger partial charge in [-0.15, -0.1) is 0 Å². The summed E-state index contributed by atoms with van der Waals surface area (Å²) in [6.07, 6.45) is 2.20. The Bertz CT molecular complexity index is 257. The number of carbonyl (C=O) groups excluding carboxylic acids is 1. The summed E-state index contributed by atoms with van der Waals surface area (Å²) in [7, 11) is 0. The monoisotopic (exact) mass is 226 g/mol. The second-order valence-corrected chi connectivity index (χ2v) is 6.35. The molecule has 94 valence electrons. The van der Waals surface area contributed by atoms with E-state index in [1.807, 2.05) is 25.7 Å². The van der Waals surface area contributed by atoms with E-state index in [9.17, 15) is 4.79 Å². The van der Waals surface area contributed by atoms with Crippen molar-refractivity contribution in [1.82, 2.24) is 4.90 Å². The lowest BCUT2D eigenvalue weighted by atomic mass is 9.85. The highest BCUT2D eigenvalue weighted by Crippen LogP contribution is 2.25. The molecule has 0 bridgehead atoms. The van der Waals surface area contributed by atoms with Crippen molar-refractivity contribution in [1.29, 1.82) is 0 Å². The molecule has 1 aliphatic heterocycles. The van der Waals surface area contributed by atoms with Crippen LogP contribution in [0.2, 0.25) is 0 Å². The minimum absolute atomic E-state index is 0.118. The second kappa shape index (κ2) is 4.74. The molecule has 0 aromatic carbocycles. The first-order valence-corrected chi connectivity index (χ1v) is 6.29. The van der Waals surface area contributed by atoms with Crippen LogP contribution in [-0.2, 0) is 4.79 Å². The molecule has 3 nitrogen and oxygen atoms in total. The van der Waals surface area contributed by atoms with Gasteiger partial charge in [0.25, 0.3) is 0 Å². The van der Waals surface area contributed by atoms with Crippen molar-refractivity contribution in [3.63, 3.8) is 0 Å². The molecule has 0 spiro atoms. The van der Waals surface area contributed by atoms with Crippen LogP contribution in [0.25, 0.3) is 0 Å². The van der Waals surface area contributed by atoms with E-state index < -0.39 is 0 Å². The van der Waals surface area contributed by atoms with E-state index in [0.717, 1.165) is 25.3 Å². The number of nitrogens with zero attached hydrogens (tertiary/aromatic N) is 1. The Morgan fingerprint density at radius 3 is 2.38 bits per heavy atom. The van der Waals surface area contributed by atoms with Crippen LogP contribution in [0.15, 0.2) is 0 Å². The Labute approximate surface area is 99.4 Å². The summed E-state index contributed by atoms with van der Waals surface area (Å²) >= 11 is 0. The fourth-order valence-corrected chi connectivity index (χ4v) is 2.28. The maximum atomic E-state index is 12.3. The number of hydrogen-bond donors (Lipinski definition) is 1. The van der Waals surface area contributed by atoms with E-state index in [0.29, 0.717) is 6.04 Å². The van der Waals surface area contributed by atoms with Gasteiger partial charge in [0, 0.05) is 12.6 Å². The molecule has 3 atom stereocenters. The molecule has 3 unspecified atom stereocenters. The number of carbonyl (C=O) groups is 1. The number of nitrogens with two attached hydrogens (primary N) is 1. The van der Waals surface area contributed by atoms with Crippen LogP contribution in [0.1, 0.15) is 47.5 Å². The Morgan fingerprint density at radius 1 is 1.38 bits per heavy atom. The van der Waals surface area contributed by atoms with Crippen LogP contribution in [0, 0.1) is 11.3 Å². The van der Waals surface area contributed by atoms with E-state index in [1.54, 1.807) is 0 Å². The number of likely N-dealkylation sites (tertiary alicyclic amines) is 1. The van der Waals surface area contributed by atoms with Crippen LogP contribution >= 0.6 is 0 Å². The van der Waals surface area contributed by atoms with Crippen LogP contribution in [0.5, 0.6) is 0 Å².